The molecule has 1 atom stereocenters. The number of piperazine rings is 1. The van der Waals surface area contributed by atoms with Gasteiger partial charge < -0.3 is 4.90 Å². The summed E-state index contributed by atoms with van der Waals surface area (Å²) in [6.45, 7) is 5.66. The lowest BCUT2D eigenvalue weighted by atomic mass is 10.0. The molecule has 1 N–H and O–H groups in total. The van der Waals surface area contributed by atoms with E-state index < -0.39 is 0 Å². The lowest BCUT2D eigenvalue weighted by molar-refractivity contribution is 0.181. The van der Waals surface area contributed by atoms with Gasteiger partial charge in [-0.05, 0) is 18.1 Å². The highest BCUT2D eigenvalue weighted by atomic mass is 35.5. The third-order valence-corrected chi connectivity index (χ3v) is 4.69. The Kier molecular flexibility index (Phi) is 4.93. The molecule has 0 bridgehead atoms. The van der Waals surface area contributed by atoms with E-state index in [1.54, 1.807) is 12.4 Å². The Hall–Kier alpha value is -1.92. The molecule has 0 unspecified atom stereocenters. The summed E-state index contributed by atoms with van der Waals surface area (Å²) in [5, 5.41) is 6.42. The molecule has 1 aliphatic heterocycles. The average Bonchev–Trinajstić information content (AvgIpc) is 2.60. The van der Waals surface area contributed by atoms with Crippen LogP contribution in [0.25, 0.3) is 0 Å². The monoisotopic (exact) mass is 333 g/mol. The van der Waals surface area contributed by atoms with E-state index in [1.807, 2.05) is 12.3 Å². The number of hydrogen-bond acceptors (Lipinski definition) is 5. The number of pyridine rings is 1. The minimum absolute atomic E-state index is 0.216. The van der Waals surface area contributed by atoms with Crippen molar-refractivity contribution in [3.63, 3.8) is 0 Å². The van der Waals surface area contributed by atoms with Gasteiger partial charge in [-0.2, -0.15) is 5.10 Å². The van der Waals surface area contributed by atoms with Crippen molar-refractivity contribution in [1.29, 1.82) is 0 Å². The van der Waals surface area contributed by atoms with Gasteiger partial charge in [-0.1, -0.05) is 24.6 Å². The Bertz CT molecular complexity index is 697. The Morgan fingerprint density at radius 2 is 2.09 bits per heavy atom. The number of nitrogens with one attached hydrogen (secondary N) is 1. The van der Waals surface area contributed by atoms with Crippen LogP contribution in [0.2, 0.25) is 5.02 Å². The van der Waals surface area contributed by atoms with Crippen molar-refractivity contribution in [1.82, 2.24) is 20.1 Å². The summed E-state index contributed by atoms with van der Waals surface area (Å²) in [6, 6.07) is 4.49. The van der Waals surface area contributed by atoms with Crippen LogP contribution in [0.15, 0.2) is 35.5 Å². The minimum Gasteiger partial charge on any atom is -0.366 e. The van der Waals surface area contributed by atoms with E-state index in [0.29, 0.717) is 11.7 Å². The second-order valence-corrected chi connectivity index (χ2v) is 6.01. The lowest BCUT2D eigenvalue weighted by Crippen LogP contribution is -2.48. The maximum Gasteiger partial charge on any atom is 0.285 e. The standard InChI is InChI=1S/C16H20ClN5O/c1-2-13(12-4-3-5-18-10-12)21-6-8-22(9-7-21)14-11-19-20-16(23)15(14)17/h3-5,10-11,13H,2,6-9H2,1H3,(H,20,23)/t13-/m1/s1. The number of halogens is 1. The van der Waals surface area contributed by atoms with Gasteiger partial charge in [0.1, 0.15) is 5.02 Å². The average molecular weight is 334 g/mol. The molecular weight excluding hydrogens is 314 g/mol. The van der Waals surface area contributed by atoms with E-state index in [2.05, 4.69) is 38.0 Å². The Morgan fingerprint density at radius 3 is 2.74 bits per heavy atom. The maximum atomic E-state index is 11.6. The molecule has 1 fully saturated rings. The topological polar surface area (TPSA) is 65.1 Å². The van der Waals surface area contributed by atoms with Gasteiger partial charge >= 0.3 is 0 Å². The van der Waals surface area contributed by atoms with Gasteiger partial charge in [0, 0.05) is 44.6 Å². The van der Waals surface area contributed by atoms with Crippen LogP contribution in [-0.4, -0.2) is 46.3 Å². The van der Waals surface area contributed by atoms with Gasteiger partial charge in [-0.25, -0.2) is 5.10 Å². The number of aromatic nitrogens is 3. The van der Waals surface area contributed by atoms with Gasteiger partial charge in [0.15, 0.2) is 0 Å². The van der Waals surface area contributed by atoms with Crippen molar-refractivity contribution in [2.75, 3.05) is 31.1 Å². The van der Waals surface area contributed by atoms with Gasteiger partial charge in [-0.15, -0.1) is 0 Å². The molecule has 7 heteroatoms. The Balaban J connectivity index is 1.70. The molecule has 0 spiro atoms. The quantitative estimate of drug-likeness (QED) is 0.928. The molecule has 23 heavy (non-hydrogen) atoms. The van der Waals surface area contributed by atoms with Gasteiger partial charge in [0.25, 0.3) is 5.56 Å². The number of rotatable bonds is 4. The number of aromatic amines is 1. The molecule has 3 rings (SSSR count). The fourth-order valence-electron chi connectivity index (χ4n) is 3.15. The van der Waals surface area contributed by atoms with E-state index in [1.165, 1.54) is 5.56 Å². The number of nitrogens with zero attached hydrogens (tertiary/aromatic N) is 4. The number of hydrogen-bond donors (Lipinski definition) is 1. The summed E-state index contributed by atoms with van der Waals surface area (Å²) in [4.78, 5) is 20.4. The molecule has 0 amide bonds. The number of anilines is 1. The predicted molar refractivity (Wildman–Crippen MR) is 90.9 cm³/mol. The Labute approximate surface area is 140 Å². The fraction of sp³-hybridized carbons (Fsp3) is 0.438. The third kappa shape index (κ3) is 3.38. The van der Waals surface area contributed by atoms with E-state index >= 15 is 0 Å². The summed E-state index contributed by atoms with van der Waals surface area (Å²) >= 11 is 6.10. The van der Waals surface area contributed by atoms with Crippen LogP contribution in [0.4, 0.5) is 5.69 Å². The first-order chi connectivity index (χ1) is 11.2. The van der Waals surface area contributed by atoms with Crippen LogP contribution in [0.1, 0.15) is 24.9 Å². The highest BCUT2D eigenvalue weighted by molar-refractivity contribution is 6.32. The molecule has 2 aromatic heterocycles. The van der Waals surface area contributed by atoms with Crippen LogP contribution >= 0.6 is 11.6 Å². The molecule has 1 aliphatic rings. The van der Waals surface area contributed by atoms with Crippen LogP contribution in [-0.2, 0) is 0 Å². The molecule has 2 aromatic rings. The summed E-state index contributed by atoms with van der Waals surface area (Å²) in [5.41, 5.74) is 1.62. The van der Waals surface area contributed by atoms with E-state index in [4.69, 9.17) is 11.6 Å². The molecule has 1 saturated heterocycles. The zero-order chi connectivity index (χ0) is 16.2. The SMILES string of the molecule is CC[C@H](c1cccnc1)N1CCN(c2cn[nH]c(=O)c2Cl)CC1. The van der Waals surface area contributed by atoms with Crippen LogP contribution < -0.4 is 10.5 Å². The Morgan fingerprint density at radius 1 is 1.30 bits per heavy atom. The largest absolute Gasteiger partial charge is 0.366 e. The maximum absolute atomic E-state index is 11.6. The van der Waals surface area contributed by atoms with Gasteiger partial charge in [0.05, 0.1) is 11.9 Å². The zero-order valence-corrected chi connectivity index (χ0v) is 13.8. The van der Waals surface area contributed by atoms with Crippen molar-refractivity contribution in [2.24, 2.45) is 0 Å². The molecule has 3 heterocycles. The number of H-pyrrole nitrogens is 1. The van der Waals surface area contributed by atoms with Crippen molar-refractivity contribution >= 4 is 17.3 Å². The zero-order valence-electron chi connectivity index (χ0n) is 13.1. The molecule has 122 valence electrons. The van der Waals surface area contributed by atoms with Crippen molar-refractivity contribution < 1.29 is 0 Å². The molecule has 6 nitrogen and oxygen atoms in total. The first-order valence-corrected chi connectivity index (χ1v) is 8.20. The third-order valence-electron chi connectivity index (χ3n) is 4.33. The molecule has 0 radical (unpaired) electrons. The predicted octanol–water partition coefficient (Wildman–Crippen LogP) is 2.09. The normalized spacial score (nSPS) is 17.2. The minimum atomic E-state index is -0.339. The van der Waals surface area contributed by atoms with Crippen molar-refractivity contribution in [2.45, 2.75) is 19.4 Å². The lowest BCUT2D eigenvalue weighted by Gasteiger charge is -2.40. The summed E-state index contributed by atoms with van der Waals surface area (Å²) < 4.78 is 0. The van der Waals surface area contributed by atoms with Crippen LogP contribution in [0.5, 0.6) is 0 Å². The van der Waals surface area contributed by atoms with E-state index in [9.17, 15) is 4.79 Å². The highest BCUT2D eigenvalue weighted by Crippen LogP contribution is 2.27. The first kappa shape index (κ1) is 16.0. The molecule has 0 saturated carbocycles. The second-order valence-electron chi connectivity index (χ2n) is 5.63. The molecule has 0 aliphatic carbocycles. The summed E-state index contributed by atoms with van der Waals surface area (Å²) in [7, 11) is 0. The molecular formula is C16H20ClN5O. The van der Waals surface area contributed by atoms with E-state index in [0.717, 1.165) is 32.6 Å². The van der Waals surface area contributed by atoms with Crippen molar-refractivity contribution in [3.8, 4) is 0 Å². The fourth-order valence-corrected chi connectivity index (χ4v) is 3.36. The van der Waals surface area contributed by atoms with Gasteiger partial charge in [0.2, 0.25) is 0 Å². The smallest absolute Gasteiger partial charge is 0.285 e. The first-order valence-electron chi connectivity index (χ1n) is 7.82. The summed E-state index contributed by atoms with van der Waals surface area (Å²) in [6.07, 6.45) is 6.41. The van der Waals surface area contributed by atoms with Crippen LogP contribution in [0.3, 0.4) is 0 Å². The molecule has 0 aromatic carbocycles. The highest BCUT2D eigenvalue weighted by Gasteiger charge is 2.25. The van der Waals surface area contributed by atoms with Crippen LogP contribution in [0, 0.1) is 0 Å². The summed E-state index contributed by atoms with van der Waals surface area (Å²) in [5.74, 6) is 0. The van der Waals surface area contributed by atoms with E-state index in [-0.39, 0.29) is 10.6 Å². The van der Waals surface area contributed by atoms with Gasteiger partial charge in [-0.3, -0.25) is 14.7 Å². The second kappa shape index (κ2) is 7.10. The van der Waals surface area contributed by atoms with Crippen molar-refractivity contribution in [3.05, 3.63) is 51.7 Å².